The van der Waals surface area contributed by atoms with Crippen molar-refractivity contribution in [2.24, 2.45) is 0 Å². The van der Waals surface area contributed by atoms with Gasteiger partial charge >= 0.3 is 6.09 Å². The van der Waals surface area contributed by atoms with Gasteiger partial charge < -0.3 is 4.74 Å². The summed E-state index contributed by atoms with van der Waals surface area (Å²) >= 11 is 0. The highest BCUT2D eigenvalue weighted by Gasteiger charge is 2.23. The molecule has 0 radical (unpaired) electrons. The molecular formula is C18H27N3O3S. The van der Waals surface area contributed by atoms with E-state index in [9.17, 15) is 9.00 Å². The van der Waals surface area contributed by atoms with Crippen LogP contribution < -0.4 is 4.72 Å². The van der Waals surface area contributed by atoms with Crippen LogP contribution in [-0.2, 0) is 15.7 Å². The zero-order valence-electron chi connectivity index (χ0n) is 15.9. The minimum absolute atomic E-state index is 0.172. The van der Waals surface area contributed by atoms with E-state index in [1.165, 1.54) is 4.57 Å². The number of aromatic nitrogens is 2. The molecule has 0 aromatic carbocycles. The maximum Gasteiger partial charge on any atom is 0.419 e. The number of ether oxygens (including phenoxy) is 1. The van der Waals surface area contributed by atoms with Crippen LogP contribution in [-0.4, -0.2) is 30.2 Å². The summed E-state index contributed by atoms with van der Waals surface area (Å²) in [7, 11) is -1.18. The molecule has 0 saturated heterocycles. The summed E-state index contributed by atoms with van der Waals surface area (Å²) in [5, 5.41) is 0. The van der Waals surface area contributed by atoms with Crippen molar-refractivity contribution >= 4 is 28.1 Å². The number of carbonyl (C=O) groups excluding carboxylic acids is 1. The highest BCUT2D eigenvalue weighted by molar-refractivity contribution is 7.84. The molecule has 2 aromatic rings. The van der Waals surface area contributed by atoms with E-state index < -0.39 is 22.7 Å². The van der Waals surface area contributed by atoms with Crippen molar-refractivity contribution in [3.05, 3.63) is 30.1 Å². The molecule has 0 amide bonds. The fraction of sp³-hybridized carbons (Fsp3) is 0.556. The third-order valence-corrected chi connectivity index (χ3v) is 5.12. The van der Waals surface area contributed by atoms with Gasteiger partial charge in [0.2, 0.25) is 0 Å². The monoisotopic (exact) mass is 365 g/mol. The van der Waals surface area contributed by atoms with E-state index >= 15 is 0 Å². The van der Waals surface area contributed by atoms with E-state index in [0.717, 1.165) is 5.69 Å². The summed E-state index contributed by atoms with van der Waals surface area (Å²) < 4.78 is 21.8. The lowest BCUT2D eigenvalue weighted by molar-refractivity contribution is 0.0544. The summed E-state index contributed by atoms with van der Waals surface area (Å²) in [6.45, 7) is 13.2. The molecular weight excluding hydrogens is 338 g/mol. The van der Waals surface area contributed by atoms with Gasteiger partial charge in [-0.05, 0) is 66.7 Å². The first-order chi connectivity index (χ1) is 11.4. The first-order valence-electron chi connectivity index (χ1n) is 8.28. The zero-order chi connectivity index (χ0) is 19.0. The number of pyridine rings is 1. The molecule has 6 nitrogen and oxygen atoms in total. The topological polar surface area (TPSA) is 73.2 Å². The number of hydrogen-bond acceptors (Lipinski definition) is 4. The second kappa shape index (κ2) is 6.88. The van der Waals surface area contributed by atoms with E-state index in [2.05, 4.69) is 9.71 Å². The Hall–Kier alpha value is -1.73. The van der Waals surface area contributed by atoms with Crippen LogP contribution in [0.15, 0.2) is 24.4 Å². The third kappa shape index (κ3) is 4.89. The van der Waals surface area contributed by atoms with Gasteiger partial charge in [-0.25, -0.2) is 18.7 Å². The van der Waals surface area contributed by atoms with Crippen LogP contribution >= 0.6 is 0 Å². The quantitative estimate of drug-likeness (QED) is 0.894. The Bertz CT molecular complexity index is 800. The molecule has 2 heterocycles. The highest BCUT2D eigenvalue weighted by Crippen LogP contribution is 2.21. The van der Waals surface area contributed by atoms with E-state index in [0.29, 0.717) is 11.0 Å². The van der Waals surface area contributed by atoms with Crippen LogP contribution in [0.5, 0.6) is 0 Å². The summed E-state index contributed by atoms with van der Waals surface area (Å²) in [6.07, 6.45) is 1.22. The predicted octanol–water partition coefficient (Wildman–Crippen LogP) is 3.93. The van der Waals surface area contributed by atoms with E-state index in [1.54, 1.807) is 12.3 Å². The molecule has 1 N–H and O–H groups in total. The maximum absolute atomic E-state index is 12.3. The Kier molecular flexibility index (Phi) is 5.39. The van der Waals surface area contributed by atoms with Crippen LogP contribution in [0.2, 0.25) is 0 Å². The molecule has 2 rings (SSSR count). The highest BCUT2D eigenvalue weighted by atomic mass is 32.2. The molecule has 0 saturated carbocycles. The van der Waals surface area contributed by atoms with Crippen molar-refractivity contribution in [2.45, 2.75) is 64.9 Å². The van der Waals surface area contributed by atoms with Gasteiger partial charge in [0.05, 0.1) is 38.5 Å². The first kappa shape index (κ1) is 19.6. The molecule has 0 aliphatic heterocycles. The Balaban J connectivity index is 2.24. The number of carbonyl (C=O) groups is 1. The van der Waals surface area contributed by atoms with Crippen LogP contribution in [0.4, 0.5) is 4.79 Å². The largest absolute Gasteiger partial charge is 0.443 e. The summed E-state index contributed by atoms with van der Waals surface area (Å²) in [5.74, 6) is 0. The fourth-order valence-corrected chi connectivity index (χ4v) is 2.94. The summed E-state index contributed by atoms with van der Waals surface area (Å²) in [6, 6.07) is 5.27. The second-order valence-electron chi connectivity index (χ2n) is 8.03. The molecule has 0 bridgehead atoms. The van der Waals surface area contributed by atoms with E-state index in [1.807, 2.05) is 60.6 Å². The molecule has 7 heteroatoms. The maximum atomic E-state index is 12.3. The van der Waals surface area contributed by atoms with Gasteiger partial charge in [0.1, 0.15) is 5.60 Å². The second-order valence-corrected chi connectivity index (χ2v) is 10.0. The van der Waals surface area contributed by atoms with Gasteiger partial charge in [-0.3, -0.25) is 4.57 Å². The standard InChI is InChI=1S/C18H27N3O3S/c1-12(20-25(23)18(5,6)7)13-8-9-15-14(19-13)10-11-21(15)16(22)24-17(2,3)4/h8-12,20H,1-7H3/t12-,25+/m0/s1. The lowest BCUT2D eigenvalue weighted by atomic mass is 10.2. The van der Waals surface area contributed by atoms with Gasteiger partial charge in [-0.2, -0.15) is 0 Å². The molecule has 138 valence electrons. The SMILES string of the molecule is C[C@H](N[S@](=O)C(C)(C)C)c1ccc2c(ccn2C(=O)OC(C)(C)C)n1. The van der Waals surface area contributed by atoms with Gasteiger partial charge in [0.25, 0.3) is 0 Å². The third-order valence-electron chi connectivity index (χ3n) is 3.44. The van der Waals surface area contributed by atoms with Crippen LogP contribution in [0, 0.1) is 0 Å². The number of fused-ring (bicyclic) bond motifs is 1. The van der Waals surface area contributed by atoms with E-state index in [4.69, 9.17) is 4.74 Å². The molecule has 0 fully saturated rings. The fourth-order valence-electron chi connectivity index (χ4n) is 2.14. The lowest BCUT2D eigenvalue weighted by Crippen LogP contribution is -2.35. The average molecular weight is 365 g/mol. The van der Waals surface area contributed by atoms with Gasteiger partial charge in [-0.1, -0.05) is 0 Å². The van der Waals surface area contributed by atoms with Crippen molar-refractivity contribution in [1.29, 1.82) is 0 Å². The van der Waals surface area contributed by atoms with E-state index in [-0.39, 0.29) is 10.8 Å². The van der Waals surface area contributed by atoms with Crippen molar-refractivity contribution in [3.63, 3.8) is 0 Å². The lowest BCUT2D eigenvalue weighted by Gasteiger charge is -2.22. The molecule has 25 heavy (non-hydrogen) atoms. The van der Waals surface area contributed by atoms with Gasteiger partial charge in [-0.15, -0.1) is 0 Å². The minimum atomic E-state index is -1.18. The van der Waals surface area contributed by atoms with Crippen molar-refractivity contribution < 1.29 is 13.7 Å². The normalized spacial score (nSPS) is 15.2. The number of nitrogens with one attached hydrogen (secondary N) is 1. The number of hydrogen-bond donors (Lipinski definition) is 1. The summed E-state index contributed by atoms with van der Waals surface area (Å²) in [5.41, 5.74) is 1.59. The molecule has 2 atom stereocenters. The average Bonchev–Trinajstić information content (AvgIpc) is 2.87. The molecule has 0 aliphatic carbocycles. The number of rotatable bonds is 3. The number of nitrogens with zero attached hydrogens (tertiary/aromatic N) is 2. The molecule has 0 aliphatic rings. The van der Waals surface area contributed by atoms with Gasteiger partial charge in [0.15, 0.2) is 0 Å². The Labute approximate surface area is 151 Å². The Morgan fingerprint density at radius 3 is 2.40 bits per heavy atom. The zero-order valence-corrected chi connectivity index (χ0v) is 16.7. The smallest absolute Gasteiger partial charge is 0.419 e. The van der Waals surface area contributed by atoms with Crippen LogP contribution in [0.25, 0.3) is 11.0 Å². The Morgan fingerprint density at radius 1 is 1.20 bits per heavy atom. The molecule has 2 aromatic heterocycles. The van der Waals surface area contributed by atoms with Gasteiger partial charge in [0, 0.05) is 6.20 Å². The Morgan fingerprint density at radius 2 is 1.84 bits per heavy atom. The predicted molar refractivity (Wildman–Crippen MR) is 101 cm³/mol. The van der Waals surface area contributed by atoms with Crippen LogP contribution in [0.3, 0.4) is 0 Å². The molecule has 0 spiro atoms. The van der Waals surface area contributed by atoms with Crippen molar-refractivity contribution in [2.75, 3.05) is 0 Å². The van der Waals surface area contributed by atoms with Crippen LogP contribution in [0.1, 0.15) is 60.2 Å². The first-order valence-corrected chi connectivity index (χ1v) is 9.43. The molecule has 0 unspecified atom stereocenters. The summed E-state index contributed by atoms with van der Waals surface area (Å²) in [4.78, 5) is 16.9. The van der Waals surface area contributed by atoms with Crippen molar-refractivity contribution in [3.8, 4) is 0 Å². The van der Waals surface area contributed by atoms with Crippen molar-refractivity contribution in [1.82, 2.24) is 14.3 Å². The minimum Gasteiger partial charge on any atom is -0.443 e.